The van der Waals surface area contributed by atoms with Crippen molar-refractivity contribution in [2.75, 3.05) is 40.0 Å². The van der Waals surface area contributed by atoms with Crippen molar-refractivity contribution in [3.05, 3.63) is 29.8 Å². The van der Waals surface area contributed by atoms with Crippen LogP contribution in [0.25, 0.3) is 0 Å². The van der Waals surface area contributed by atoms with Crippen molar-refractivity contribution in [1.82, 2.24) is 4.90 Å². The third-order valence-electron chi connectivity index (χ3n) is 3.85. The van der Waals surface area contributed by atoms with Crippen molar-refractivity contribution in [2.45, 2.75) is 38.5 Å². The van der Waals surface area contributed by atoms with Crippen LogP contribution in [0.5, 0.6) is 5.75 Å². The number of nitrogens with zero attached hydrogens (tertiary/aromatic N) is 1. The lowest BCUT2D eigenvalue weighted by molar-refractivity contribution is -0.0238. The molecule has 1 fully saturated rings. The fourth-order valence-corrected chi connectivity index (χ4v) is 2.76. The van der Waals surface area contributed by atoms with Gasteiger partial charge < -0.3 is 19.3 Å². The molecule has 0 unspecified atom stereocenters. The molecule has 0 saturated carbocycles. The molecule has 1 saturated heterocycles. The highest BCUT2D eigenvalue weighted by atomic mass is 16.5. The van der Waals surface area contributed by atoms with E-state index in [2.05, 4.69) is 17.0 Å². The van der Waals surface area contributed by atoms with E-state index in [0.717, 1.165) is 31.7 Å². The number of likely N-dealkylation sites (N-methyl/N-ethyl adjacent to an activating group) is 1. The van der Waals surface area contributed by atoms with Crippen LogP contribution in [0.3, 0.4) is 0 Å². The van der Waals surface area contributed by atoms with Gasteiger partial charge in [-0.1, -0.05) is 12.1 Å². The molecule has 5 heteroatoms. The first-order valence-electron chi connectivity index (χ1n) is 8.45. The molecule has 23 heavy (non-hydrogen) atoms. The number of hydrogen-bond acceptors (Lipinski definition) is 5. The van der Waals surface area contributed by atoms with Gasteiger partial charge in [0.2, 0.25) is 0 Å². The highest BCUT2D eigenvalue weighted by molar-refractivity contribution is 5.27. The zero-order valence-corrected chi connectivity index (χ0v) is 14.2. The molecule has 1 aromatic carbocycles. The van der Waals surface area contributed by atoms with Crippen molar-refractivity contribution in [3.8, 4) is 5.75 Å². The SMILES string of the molecule is CCOc1ccc(CN(C)C[C@H](O)COC[C@@H]2CCCO2)cc1. The molecule has 0 radical (unpaired) electrons. The Morgan fingerprint density at radius 3 is 2.78 bits per heavy atom. The molecule has 0 spiro atoms. The third-order valence-corrected chi connectivity index (χ3v) is 3.85. The summed E-state index contributed by atoms with van der Waals surface area (Å²) in [6, 6.07) is 8.07. The van der Waals surface area contributed by atoms with E-state index in [9.17, 15) is 5.11 Å². The molecule has 2 atom stereocenters. The number of aliphatic hydroxyl groups excluding tert-OH is 1. The fourth-order valence-electron chi connectivity index (χ4n) is 2.76. The Hall–Kier alpha value is -1.14. The maximum absolute atomic E-state index is 10.1. The summed E-state index contributed by atoms with van der Waals surface area (Å²) < 4.78 is 16.5. The molecule has 0 aromatic heterocycles. The van der Waals surface area contributed by atoms with Crippen molar-refractivity contribution in [3.63, 3.8) is 0 Å². The zero-order valence-electron chi connectivity index (χ0n) is 14.2. The second-order valence-electron chi connectivity index (χ2n) is 6.10. The smallest absolute Gasteiger partial charge is 0.119 e. The lowest BCUT2D eigenvalue weighted by Gasteiger charge is -2.21. The van der Waals surface area contributed by atoms with Gasteiger partial charge in [-0.25, -0.2) is 0 Å². The van der Waals surface area contributed by atoms with Gasteiger partial charge in [0.25, 0.3) is 0 Å². The Kier molecular flexibility index (Phi) is 7.82. The quantitative estimate of drug-likeness (QED) is 0.714. The van der Waals surface area contributed by atoms with Crippen molar-refractivity contribution >= 4 is 0 Å². The largest absolute Gasteiger partial charge is 0.494 e. The molecule has 0 bridgehead atoms. The minimum Gasteiger partial charge on any atom is -0.494 e. The van der Waals surface area contributed by atoms with Crippen LogP contribution in [0.1, 0.15) is 25.3 Å². The average molecular weight is 323 g/mol. The number of rotatable bonds is 10. The van der Waals surface area contributed by atoms with Crippen LogP contribution in [-0.2, 0) is 16.0 Å². The van der Waals surface area contributed by atoms with Crippen LogP contribution in [0.4, 0.5) is 0 Å². The second-order valence-corrected chi connectivity index (χ2v) is 6.10. The Morgan fingerprint density at radius 1 is 1.35 bits per heavy atom. The van der Waals surface area contributed by atoms with Gasteiger partial charge >= 0.3 is 0 Å². The molecule has 1 heterocycles. The first-order valence-corrected chi connectivity index (χ1v) is 8.45. The highest BCUT2D eigenvalue weighted by Gasteiger charge is 2.16. The summed E-state index contributed by atoms with van der Waals surface area (Å²) in [7, 11) is 2.00. The standard InChI is InChI=1S/C18H29NO4/c1-3-22-17-8-6-15(7-9-17)11-19(2)12-16(20)13-21-14-18-5-4-10-23-18/h6-9,16,18,20H,3-5,10-14H2,1-2H3/t16-,18-/m0/s1. The van der Waals surface area contributed by atoms with E-state index in [-0.39, 0.29) is 6.10 Å². The molecule has 0 aliphatic carbocycles. The van der Waals surface area contributed by atoms with Crippen molar-refractivity contribution in [1.29, 1.82) is 0 Å². The number of hydrogen-bond donors (Lipinski definition) is 1. The summed E-state index contributed by atoms with van der Waals surface area (Å²) in [6.07, 6.45) is 1.91. The molecule has 1 N–H and O–H groups in total. The molecular weight excluding hydrogens is 294 g/mol. The van der Waals surface area contributed by atoms with Crippen LogP contribution in [0.2, 0.25) is 0 Å². The normalized spacial score (nSPS) is 19.2. The van der Waals surface area contributed by atoms with E-state index in [1.807, 2.05) is 26.1 Å². The van der Waals surface area contributed by atoms with Gasteiger partial charge in [-0.3, -0.25) is 4.90 Å². The molecule has 1 aromatic rings. The lowest BCUT2D eigenvalue weighted by atomic mass is 10.2. The predicted molar refractivity (Wildman–Crippen MR) is 89.7 cm³/mol. The molecule has 1 aliphatic heterocycles. The maximum atomic E-state index is 10.1. The molecule has 0 amide bonds. The van der Waals surface area contributed by atoms with Gasteiger partial charge in [0.15, 0.2) is 0 Å². The van der Waals surface area contributed by atoms with Crippen LogP contribution in [0.15, 0.2) is 24.3 Å². The molecule has 5 nitrogen and oxygen atoms in total. The summed E-state index contributed by atoms with van der Waals surface area (Å²) in [5, 5.41) is 10.1. The topological polar surface area (TPSA) is 51.2 Å². The second kappa shape index (κ2) is 9.88. The van der Waals surface area contributed by atoms with Crippen molar-refractivity contribution in [2.24, 2.45) is 0 Å². The predicted octanol–water partition coefficient (Wildman–Crippen LogP) is 2.07. The van der Waals surface area contributed by atoms with Crippen LogP contribution >= 0.6 is 0 Å². The van der Waals surface area contributed by atoms with E-state index in [1.165, 1.54) is 5.56 Å². The van der Waals surface area contributed by atoms with E-state index in [4.69, 9.17) is 14.2 Å². The van der Waals surface area contributed by atoms with Gasteiger partial charge in [0.05, 0.1) is 32.0 Å². The summed E-state index contributed by atoms with van der Waals surface area (Å²) in [6.45, 7) is 5.80. The van der Waals surface area contributed by atoms with E-state index in [0.29, 0.717) is 26.4 Å². The van der Waals surface area contributed by atoms with Gasteiger partial charge in [-0.05, 0) is 44.5 Å². The minimum absolute atomic E-state index is 0.212. The Bertz CT molecular complexity index is 431. The van der Waals surface area contributed by atoms with E-state index >= 15 is 0 Å². The maximum Gasteiger partial charge on any atom is 0.119 e. The van der Waals surface area contributed by atoms with Crippen LogP contribution in [-0.4, -0.2) is 62.2 Å². The van der Waals surface area contributed by atoms with Crippen LogP contribution in [0, 0.1) is 0 Å². The zero-order chi connectivity index (χ0) is 16.5. The first kappa shape index (κ1) is 18.2. The summed E-state index contributed by atoms with van der Waals surface area (Å²) in [5.41, 5.74) is 1.20. The van der Waals surface area contributed by atoms with E-state index in [1.54, 1.807) is 0 Å². The molecule has 2 rings (SSSR count). The van der Waals surface area contributed by atoms with Gasteiger partial charge in [-0.2, -0.15) is 0 Å². The molecule has 1 aliphatic rings. The monoisotopic (exact) mass is 323 g/mol. The Morgan fingerprint density at radius 2 is 2.13 bits per heavy atom. The van der Waals surface area contributed by atoms with Gasteiger partial charge in [-0.15, -0.1) is 0 Å². The summed E-state index contributed by atoms with van der Waals surface area (Å²) >= 11 is 0. The number of benzene rings is 1. The third kappa shape index (κ3) is 6.87. The van der Waals surface area contributed by atoms with Gasteiger partial charge in [0.1, 0.15) is 5.75 Å². The Balaban J connectivity index is 1.63. The Labute approximate surface area is 139 Å². The van der Waals surface area contributed by atoms with Gasteiger partial charge in [0, 0.05) is 19.7 Å². The fraction of sp³-hybridized carbons (Fsp3) is 0.667. The number of aliphatic hydroxyl groups is 1. The number of ether oxygens (including phenoxy) is 3. The lowest BCUT2D eigenvalue weighted by Crippen LogP contribution is -2.32. The van der Waals surface area contributed by atoms with Crippen molar-refractivity contribution < 1.29 is 19.3 Å². The van der Waals surface area contributed by atoms with E-state index < -0.39 is 6.10 Å². The average Bonchev–Trinajstić information content (AvgIpc) is 3.03. The minimum atomic E-state index is -0.482. The molecular formula is C18H29NO4. The summed E-state index contributed by atoms with van der Waals surface area (Å²) in [4.78, 5) is 2.09. The molecule has 130 valence electrons. The summed E-state index contributed by atoms with van der Waals surface area (Å²) in [5.74, 6) is 0.890. The van der Waals surface area contributed by atoms with Crippen LogP contribution < -0.4 is 4.74 Å². The first-order chi connectivity index (χ1) is 11.2. The highest BCUT2D eigenvalue weighted by Crippen LogP contribution is 2.14.